The first-order valence-electron chi connectivity index (χ1n) is 6.56. The van der Waals surface area contributed by atoms with Gasteiger partial charge in [0.1, 0.15) is 5.01 Å². The van der Waals surface area contributed by atoms with Crippen molar-refractivity contribution in [3.63, 3.8) is 0 Å². The van der Waals surface area contributed by atoms with Gasteiger partial charge in [-0.15, -0.1) is 11.3 Å². The van der Waals surface area contributed by atoms with Gasteiger partial charge in [0.25, 0.3) is 0 Å². The Morgan fingerprint density at radius 3 is 3.05 bits per heavy atom. The zero-order valence-corrected chi connectivity index (χ0v) is 12.4. The van der Waals surface area contributed by atoms with E-state index < -0.39 is 5.41 Å². The summed E-state index contributed by atoms with van der Waals surface area (Å²) in [5.41, 5.74) is 5.32. The molecular formula is C13H21N3O2S. The molecule has 3 unspecified atom stereocenters. The lowest BCUT2D eigenvalue weighted by Gasteiger charge is -2.27. The monoisotopic (exact) mass is 283 g/mol. The van der Waals surface area contributed by atoms with E-state index in [-0.39, 0.29) is 18.0 Å². The first-order valence-corrected chi connectivity index (χ1v) is 7.38. The van der Waals surface area contributed by atoms with E-state index in [4.69, 9.17) is 10.5 Å². The minimum absolute atomic E-state index is 0.0572. The van der Waals surface area contributed by atoms with Gasteiger partial charge >= 0.3 is 0 Å². The van der Waals surface area contributed by atoms with Crippen LogP contribution in [0.2, 0.25) is 0 Å². The van der Waals surface area contributed by atoms with Gasteiger partial charge in [-0.25, -0.2) is 4.98 Å². The fraction of sp³-hybridized carbons (Fsp3) is 0.692. The smallest absolute Gasteiger partial charge is 0.230 e. The van der Waals surface area contributed by atoms with Crippen molar-refractivity contribution in [3.8, 4) is 0 Å². The molecule has 6 heteroatoms. The number of rotatable bonds is 4. The quantitative estimate of drug-likeness (QED) is 0.871. The first-order chi connectivity index (χ1) is 8.97. The molecule has 3 atom stereocenters. The Morgan fingerprint density at radius 2 is 2.53 bits per heavy atom. The summed E-state index contributed by atoms with van der Waals surface area (Å²) >= 11 is 1.64. The predicted molar refractivity (Wildman–Crippen MR) is 75.0 cm³/mol. The second kappa shape index (κ2) is 5.56. The van der Waals surface area contributed by atoms with Gasteiger partial charge in [0.2, 0.25) is 5.91 Å². The van der Waals surface area contributed by atoms with Gasteiger partial charge in [-0.3, -0.25) is 4.79 Å². The van der Waals surface area contributed by atoms with E-state index in [1.165, 1.54) is 4.88 Å². The van der Waals surface area contributed by atoms with Crippen LogP contribution in [-0.2, 0) is 16.0 Å². The van der Waals surface area contributed by atoms with Gasteiger partial charge in [0.15, 0.2) is 0 Å². The van der Waals surface area contributed by atoms with E-state index in [2.05, 4.69) is 17.2 Å². The molecule has 0 radical (unpaired) electrons. The summed E-state index contributed by atoms with van der Waals surface area (Å²) in [7, 11) is 0. The second-order valence-electron chi connectivity index (χ2n) is 5.25. The molecular weight excluding hydrogens is 262 g/mol. The van der Waals surface area contributed by atoms with E-state index in [9.17, 15) is 4.79 Å². The number of aryl methyl sites for hydroxylation is 1. The largest absolute Gasteiger partial charge is 0.379 e. The van der Waals surface area contributed by atoms with Crippen molar-refractivity contribution < 1.29 is 9.53 Å². The number of aromatic nitrogens is 1. The molecule has 106 valence electrons. The molecule has 1 amide bonds. The maximum atomic E-state index is 12.3. The Balaban J connectivity index is 2.02. The van der Waals surface area contributed by atoms with E-state index in [0.29, 0.717) is 13.2 Å². The van der Waals surface area contributed by atoms with Crippen LogP contribution in [0.25, 0.3) is 0 Å². The van der Waals surface area contributed by atoms with Crippen molar-refractivity contribution in [2.24, 2.45) is 11.1 Å². The van der Waals surface area contributed by atoms with Crippen molar-refractivity contribution in [1.82, 2.24) is 10.3 Å². The number of thiazole rings is 1. The standard InChI is InChI=1S/C13H21N3O2S/c1-4-9-5-15-11(19-9)8(2)16-12(17)13(3)7-18-6-10(13)14/h5,8,10H,4,6-7,14H2,1-3H3,(H,16,17). The van der Waals surface area contributed by atoms with Crippen molar-refractivity contribution in [1.29, 1.82) is 0 Å². The fourth-order valence-electron chi connectivity index (χ4n) is 2.03. The van der Waals surface area contributed by atoms with Gasteiger partial charge < -0.3 is 15.8 Å². The van der Waals surface area contributed by atoms with Crippen LogP contribution in [0.15, 0.2) is 6.20 Å². The van der Waals surface area contributed by atoms with Crippen molar-refractivity contribution in [3.05, 3.63) is 16.1 Å². The Morgan fingerprint density at radius 1 is 1.79 bits per heavy atom. The molecule has 0 bridgehead atoms. The molecule has 5 nitrogen and oxygen atoms in total. The summed E-state index contributed by atoms with van der Waals surface area (Å²) in [6.07, 6.45) is 2.84. The van der Waals surface area contributed by atoms with Crippen LogP contribution in [0, 0.1) is 5.41 Å². The highest BCUT2D eigenvalue weighted by Crippen LogP contribution is 2.29. The summed E-state index contributed by atoms with van der Waals surface area (Å²) in [5, 5.41) is 3.93. The van der Waals surface area contributed by atoms with Crippen LogP contribution in [0.1, 0.15) is 36.7 Å². The van der Waals surface area contributed by atoms with Crippen LogP contribution in [0.4, 0.5) is 0 Å². The summed E-state index contributed by atoms with van der Waals surface area (Å²) < 4.78 is 5.30. The van der Waals surface area contributed by atoms with Crippen LogP contribution < -0.4 is 11.1 Å². The topological polar surface area (TPSA) is 77.2 Å². The molecule has 2 rings (SSSR count). The maximum Gasteiger partial charge on any atom is 0.230 e. The molecule has 1 fully saturated rings. The lowest BCUT2D eigenvalue weighted by Crippen LogP contribution is -2.50. The van der Waals surface area contributed by atoms with E-state index in [1.54, 1.807) is 11.3 Å². The Kier molecular flexibility index (Phi) is 4.23. The molecule has 3 N–H and O–H groups in total. The molecule has 1 aliphatic heterocycles. The number of nitrogens with one attached hydrogen (secondary N) is 1. The van der Waals surface area contributed by atoms with Crippen molar-refractivity contribution in [2.45, 2.75) is 39.3 Å². The number of nitrogens with zero attached hydrogens (tertiary/aromatic N) is 1. The van der Waals surface area contributed by atoms with Crippen LogP contribution >= 0.6 is 11.3 Å². The lowest BCUT2D eigenvalue weighted by atomic mass is 9.84. The Bertz CT molecular complexity index is 462. The molecule has 1 aliphatic rings. The number of carbonyl (C=O) groups is 1. The molecule has 1 saturated heterocycles. The number of ether oxygens (including phenoxy) is 1. The maximum absolute atomic E-state index is 12.3. The summed E-state index contributed by atoms with van der Waals surface area (Å²) in [5.74, 6) is -0.0572. The molecule has 1 aromatic rings. The SMILES string of the molecule is CCc1cnc(C(C)NC(=O)C2(C)COCC2N)s1. The average Bonchev–Trinajstić information content (AvgIpc) is 2.98. The highest BCUT2D eigenvalue weighted by Gasteiger charge is 2.44. The highest BCUT2D eigenvalue weighted by molar-refractivity contribution is 7.11. The number of nitrogens with two attached hydrogens (primary N) is 1. The Hall–Kier alpha value is -0.980. The van der Waals surface area contributed by atoms with Gasteiger partial charge in [-0.1, -0.05) is 6.92 Å². The number of carbonyl (C=O) groups excluding carboxylic acids is 1. The van der Waals surface area contributed by atoms with Gasteiger partial charge in [0.05, 0.1) is 24.7 Å². The Labute approximate surface area is 117 Å². The van der Waals surface area contributed by atoms with E-state index >= 15 is 0 Å². The minimum Gasteiger partial charge on any atom is -0.379 e. The van der Waals surface area contributed by atoms with Crippen LogP contribution in [0.5, 0.6) is 0 Å². The number of hydrogen-bond donors (Lipinski definition) is 2. The molecule has 2 heterocycles. The van der Waals surface area contributed by atoms with Crippen LogP contribution in [0.3, 0.4) is 0 Å². The number of hydrogen-bond acceptors (Lipinski definition) is 5. The number of amides is 1. The van der Waals surface area contributed by atoms with Gasteiger partial charge in [0, 0.05) is 17.1 Å². The van der Waals surface area contributed by atoms with E-state index in [0.717, 1.165) is 11.4 Å². The van der Waals surface area contributed by atoms with Gasteiger partial charge in [-0.2, -0.15) is 0 Å². The lowest BCUT2D eigenvalue weighted by molar-refractivity contribution is -0.131. The summed E-state index contributed by atoms with van der Waals surface area (Å²) in [6, 6.07) is -0.343. The molecule has 0 spiro atoms. The molecule has 0 saturated carbocycles. The van der Waals surface area contributed by atoms with Crippen molar-refractivity contribution >= 4 is 17.2 Å². The minimum atomic E-state index is -0.640. The van der Waals surface area contributed by atoms with Gasteiger partial charge in [-0.05, 0) is 20.3 Å². The van der Waals surface area contributed by atoms with E-state index in [1.807, 2.05) is 20.0 Å². The fourth-order valence-corrected chi connectivity index (χ4v) is 2.89. The van der Waals surface area contributed by atoms with Crippen LogP contribution in [-0.4, -0.2) is 30.1 Å². The highest BCUT2D eigenvalue weighted by atomic mass is 32.1. The zero-order chi connectivity index (χ0) is 14.0. The normalized spacial score (nSPS) is 28.3. The second-order valence-corrected chi connectivity index (χ2v) is 6.40. The third-order valence-corrected chi connectivity index (χ3v) is 5.00. The molecule has 0 aromatic carbocycles. The summed E-state index contributed by atoms with van der Waals surface area (Å²) in [6.45, 7) is 6.71. The molecule has 1 aromatic heterocycles. The third-order valence-electron chi connectivity index (χ3n) is 3.67. The first kappa shape index (κ1) is 14.4. The van der Waals surface area contributed by atoms with Crippen molar-refractivity contribution in [2.75, 3.05) is 13.2 Å². The zero-order valence-electron chi connectivity index (χ0n) is 11.6. The molecule has 0 aliphatic carbocycles. The molecule has 19 heavy (non-hydrogen) atoms. The third kappa shape index (κ3) is 2.80. The average molecular weight is 283 g/mol. The predicted octanol–water partition coefficient (Wildman–Crippen LogP) is 1.25. The summed E-state index contributed by atoms with van der Waals surface area (Å²) in [4.78, 5) is 17.9.